The van der Waals surface area contributed by atoms with Crippen molar-refractivity contribution in [3.8, 4) is 0 Å². The summed E-state index contributed by atoms with van der Waals surface area (Å²) in [6, 6.07) is 0. The van der Waals surface area contributed by atoms with Crippen LogP contribution in [0.15, 0.2) is 5.16 Å². The molecule has 2 atom stereocenters. The topological polar surface area (TPSA) is 90.9 Å². The molecule has 2 N–H and O–H groups in total. The van der Waals surface area contributed by atoms with Crippen LogP contribution in [-0.2, 0) is 15.6 Å². The van der Waals surface area contributed by atoms with Crippen LogP contribution in [0.5, 0.6) is 0 Å². The van der Waals surface area contributed by atoms with Gasteiger partial charge < -0.3 is 0 Å². The second-order valence-corrected chi connectivity index (χ2v) is 8.13. The number of nitrogens with two attached hydrogens (primary N) is 1. The van der Waals surface area contributed by atoms with E-state index in [2.05, 4.69) is 10.2 Å². The van der Waals surface area contributed by atoms with E-state index in [1.54, 1.807) is 4.57 Å². The van der Waals surface area contributed by atoms with Gasteiger partial charge in [-0.3, -0.25) is 4.57 Å². The third-order valence-electron chi connectivity index (χ3n) is 4.29. The standard InChI is InChI=1S/C12H20N4O2S/c1-12(2,3)16-10(9-7-5-4-6-8(7)9)14-15-11(16)19(13,17)18/h7-9H,4-6H2,1-3H3,(H2,13,17,18). The summed E-state index contributed by atoms with van der Waals surface area (Å²) in [5.74, 6) is 2.50. The molecule has 106 valence electrons. The van der Waals surface area contributed by atoms with Crippen LogP contribution in [0, 0.1) is 11.8 Å². The summed E-state index contributed by atoms with van der Waals surface area (Å²) >= 11 is 0. The van der Waals surface area contributed by atoms with Gasteiger partial charge in [0.25, 0.3) is 15.2 Å². The Bertz CT molecular complexity index is 604. The largest absolute Gasteiger partial charge is 0.295 e. The lowest BCUT2D eigenvalue weighted by atomic mass is 10.1. The maximum atomic E-state index is 11.7. The van der Waals surface area contributed by atoms with Crippen LogP contribution in [-0.4, -0.2) is 23.2 Å². The van der Waals surface area contributed by atoms with E-state index in [1.807, 2.05) is 20.8 Å². The molecule has 2 unspecified atom stereocenters. The molecule has 2 aliphatic rings. The van der Waals surface area contributed by atoms with Gasteiger partial charge in [-0.25, -0.2) is 13.6 Å². The highest BCUT2D eigenvalue weighted by molar-refractivity contribution is 7.89. The number of nitrogens with zero attached hydrogens (tertiary/aromatic N) is 3. The Morgan fingerprint density at radius 3 is 2.26 bits per heavy atom. The van der Waals surface area contributed by atoms with Gasteiger partial charge in [-0.1, -0.05) is 6.42 Å². The van der Waals surface area contributed by atoms with Crippen molar-refractivity contribution < 1.29 is 8.42 Å². The van der Waals surface area contributed by atoms with Gasteiger partial charge in [0.2, 0.25) is 0 Å². The predicted molar refractivity (Wildman–Crippen MR) is 70.0 cm³/mol. The zero-order valence-electron chi connectivity index (χ0n) is 11.5. The van der Waals surface area contributed by atoms with Crippen molar-refractivity contribution in [3.05, 3.63) is 5.82 Å². The number of hydrogen-bond acceptors (Lipinski definition) is 4. The van der Waals surface area contributed by atoms with Gasteiger partial charge in [0.1, 0.15) is 5.82 Å². The first-order chi connectivity index (χ1) is 8.71. The first-order valence-electron chi connectivity index (χ1n) is 6.70. The van der Waals surface area contributed by atoms with Crippen molar-refractivity contribution in [2.75, 3.05) is 0 Å². The molecule has 0 spiro atoms. The van der Waals surface area contributed by atoms with Crippen LogP contribution in [0.3, 0.4) is 0 Å². The number of aromatic nitrogens is 3. The molecular weight excluding hydrogens is 264 g/mol. The van der Waals surface area contributed by atoms with E-state index in [-0.39, 0.29) is 5.16 Å². The Morgan fingerprint density at radius 2 is 1.79 bits per heavy atom. The van der Waals surface area contributed by atoms with Crippen molar-refractivity contribution in [1.29, 1.82) is 0 Å². The van der Waals surface area contributed by atoms with Crippen molar-refractivity contribution in [3.63, 3.8) is 0 Å². The molecule has 3 rings (SSSR count). The van der Waals surface area contributed by atoms with E-state index in [4.69, 9.17) is 5.14 Å². The lowest BCUT2D eigenvalue weighted by Gasteiger charge is -2.24. The van der Waals surface area contributed by atoms with Crippen molar-refractivity contribution in [2.24, 2.45) is 17.0 Å². The minimum absolute atomic E-state index is 0.111. The quantitative estimate of drug-likeness (QED) is 0.883. The second-order valence-electron chi connectivity index (χ2n) is 6.68. The van der Waals surface area contributed by atoms with Crippen LogP contribution in [0.4, 0.5) is 0 Å². The molecule has 0 amide bonds. The lowest BCUT2D eigenvalue weighted by molar-refractivity contribution is 0.346. The third kappa shape index (κ3) is 1.99. The van der Waals surface area contributed by atoms with E-state index < -0.39 is 15.6 Å². The Labute approximate surface area is 113 Å². The fraction of sp³-hybridized carbons (Fsp3) is 0.833. The second kappa shape index (κ2) is 3.79. The highest BCUT2D eigenvalue weighted by Gasteiger charge is 2.56. The van der Waals surface area contributed by atoms with Gasteiger partial charge in [0.05, 0.1) is 0 Å². The molecule has 1 aromatic heterocycles. The van der Waals surface area contributed by atoms with E-state index in [9.17, 15) is 8.42 Å². The van der Waals surface area contributed by atoms with E-state index >= 15 is 0 Å². The van der Waals surface area contributed by atoms with Gasteiger partial charge in [-0.2, -0.15) is 0 Å². The van der Waals surface area contributed by atoms with E-state index in [0.29, 0.717) is 17.8 Å². The van der Waals surface area contributed by atoms with Crippen LogP contribution in [0.2, 0.25) is 0 Å². The molecule has 0 bridgehead atoms. The molecule has 1 heterocycles. The molecular formula is C12H20N4O2S. The van der Waals surface area contributed by atoms with Crippen molar-refractivity contribution in [1.82, 2.24) is 14.8 Å². The number of primary sulfonamides is 1. The summed E-state index contributed by atoms with van der Waals surface area (Å²) in [6.45, 7) is 5.85. The Kier molecular flexibility index (Phi) is 2.60. The van der Waals surface area contributed by atoms with Crippen molar-refractivity contribution >= 4 is 10.0 Å². The van der Waals surface area contributed by atoms with Gasteiger partial charge in [-0.05, 0) is 45.4 Å². The smallest absolute Gasteiger partial charge is 0.273 e. The van der Waals surface area contributed by atoms with Crippen LogP contribution >= 0.6 is 0 Å². The summed E-state index contributed by atoms with van der Waals surface area (Å²) in [4.78, 5) is 0. The molecule has 2 saturated carbocycles. The molecule has 0 radical (unpaired) electrons. The number of sulfonamides is 1. The normalized spacial score (nSPS) is 30.4. The average Bonchev–Trinajstić information content (AvgIpc) is 2.71. The average molecular weight is 284 g/mol. The molecule has 0 aromatic carbocycles. The molecule has 19 heavy (non-hydrogen) atoms. The van der Waals surface area contributed by atoms with Gasteiger partial charge >= 0.3 is 0 Å². The summed E-state index contributed by atoms with van der Waals surface area (Å²) < 4.78 is 25.0. The SMILES string of the molecule is CC(C)(C)n1c(C2C3CCCC32)nnc1S(N)(=O)=O. The molecule has 2 aliphatic carbocycles. The Hall–Kier alpha value is -0.950. The first-order valence-corrected chi connectivity index (χ1v) is 8.24. The summed E-state index contributed by atoms with van der Waals surface area (Å²) in [5.41, 5.74) is -0.391. The van der Waals surface area contributed by atoms with Gasteiger partial charge in [-0.15, -0.1) is 10.2 Å². The summed E-state index contributed by atoms with van der Waals surface area (Å²) in [6.07, 6.45) is 3.71. The summed E-state index contributed by atoms with van der Waals surface area (Å²) in [5, 5.41) is 13.1. The Balaban J connectivity index is 2.09. The highest BCUT2D eigenvalue weighted by atomic mass is 32.2. The number of rotatable bonds is 2. The predicted octanol–water partition coefficient (Wildman–Crippen LogP) is 1.19. The Morgan fingerprint density at radius 1 is 1.21 bits per heavy atom. The molecule has 0 aliphatic heterocycles. The zero-order valence-corrected chi connectivity index (χ0v) is 12.3. The maximum Gasteiger partial charge on any atom is 0.273 e. The van der Waals surface area contributed by atoms with E-state index in [1.165, 1.54) is 19.3 Å². The molecule has 7 heteroatoms. The number of hydrogen-bond donors (Lipinski definition) is 1. The summed E-state index contributed by atoms with van der Waals surface area (Å²) in [7, 11) is -3.84. The third-order valence-corrected chi connectivity index (χ3v) is 5.06. The molecule has 2 fully saturated rings. The minimum Gasteiger partial charge on any atom is -0.295 e. The fourth-order valence-electron chi connectivity index (χ4n) is 3.52. The monoisotopic (exact) mass is 284 g/mol. The van der Waals surface area contributed by atoms with Gasteiger partial charge in [0.15, 0.2) is 0 Å². The fourth-order valence-corrected chi connectivity index (χ4v) is 4.29. The molecule has 0 saturated heterocycles. The van der Waals surface area contributed by atoms with Crippen LogP contribution in [0.25, 0.3) is 0 Å². The van der Waals surface area contributed by atoms with E-state index in [0.717, 1.165) is 5.82 Å². The maximum absolute atomic E-state index is 11.7. The van der Waals surface area contributed by atoms with Crippen molar-refractivity contribution in [2.45, 2.75) is 56.6 Å². The number of fused-ring (bicyclic) bond motifs is 1. The zero-order chi connectivity index (χ0) is 14.0. The lowest BCUT2D eigenvalue weighted by Crippen LogP contribution is -2.30. The van der Waals surface area contributed by atoms with Gasteiger partial charge in [0, 0.05) is 11.5 Å². The molecule has 1 aromatic rings. The van der Waals surface area contributed by atoms with Crippen LogP contribution < -0.4 is 5.14 Å². The highest BCUT2D eigenvalue weighted by Crippen LogP contribution is 2.63. The molecule has 6 nitrogen and oxygen atoms in total. The van der Waals surface area contributed by atoms with Crippen LogP contribution in [0.1, 0.15) is 51.8 Å². The first kappa shape index (κ1) is 13.1. The minimum atomic E-state index is -3.84.